The number of aromatic nitrogens is 3. The summed E-state index contributed by atoms with van der Waals surface area (Å²) in [6.45, 7) is 4.46. The van der Waals surface area contributed by atoms with Gasteiger partial charge in [0.2, 0.25) is 5.95 Å². The number of hydrogen-bond acceptors (Lipinski definition) is 5. The van der Waals surface area contributed by atoms with Gasteiger partial charge >= 0.3 is 0 Å². The Morgan fingerprint density at radius 3 is 2.58 bits per heavy atom. The maximum absolute atomic E-state index is 4.41. The summed E-state index contributed by atoms with van der Waals surface area (Å²) >= 11 is 0. The van der Waals surface area contributed by atoms with Crippen LogP contribution in [0.1, 0.15) is 5.56 Å². The summed E-state index contributed by atoms with van der Waals surface area (Å²) < 4.78 is 0. The van der Waals surface area contributed by atoms with Crippen molar-refractivity contribution in [2.75, 3.05) is 44.7 Å². The van der Waals surface area contributed by atoms with Crippen LogP contribution in [0.3, 0.4) is 0 Å². The van der Waals surface area contributed by atoms with E-state index >= 15 is 0 Å². The zero-order chi connectivity index (χ0) is 16.6. The number of guanidine groups is 1. The number of piperazine rings is 1. The molecule has 24 heavy (non-hydrogen) atoms. The molecule has 7 nitrogen and oxygen atoms in total. The first-order chi connectivity index (χ1) is 11.9. The van der Waals surface area contributed by atoms with Gasteiger partial charge in [0.15, 0.2) is 5.96 Å². The van der Waals surface area contributed by atoms with Crippen molar-refractivity contribution in [3.05, 3.63) is 48.5 Å². The summed E-state index contributed by atoms with van der Waals surface area (Å²) in [5.74, 6) is 1.75. The van der Waals surface area contributed by atoms with Crippen LogP contribution < -0.4 is 10.2 Å². The fourth-order valence-electron chi connectivity index (χ4n) is 2.77. The Kier molecular flexibility index (Phi) is 5.55. The molecule has 0 aliphatic carbocycles. The summed E-state index contributed by atoms with van der Waals surface area (Å²) in [4.78, 5) is 21.7. The second kappa shape index (κ2) is 8.24. The summed E-state index contributed by atoms with van der Waals surface area (Å²) in [5.41, 5.74) is 1.23. The molecule has 1 fully saturated rings. The number of rotatable bonds is 4. The molecule has 1 N–H and O–H groups in total. The second-order valence-electron chi connectivity index (χ2n) is 5.61. The van der Waals surface area contributed by atoms with Crippen molar-refractivity contribution < 1.29 is 0 Å². The molecule has 1 aliphatic rings. The normalized spacial score (nSPS) is 15.5. The standard InChI is InChI=1S/C17H23N7/c1-18-16(22-9-5-15-4-2-6-19-14-15)23-10-12-24(13-11-23)17-20-7-3-8-21-17/h2-4,6-8,14H,5,9-13H2,1H3,(H,18,22). The molecule has 7 heteroatoms. The molecule has 1 saturated heterocycles. The highest BCUT2D eigenvalue weighted by Crippen LogP contribution is 2.09. The maximum atomic E-state index is 4.41. The van der Waals surface area contributed by atoms with Crippen molar-refractivity contribution in [2.24, 2.45) is 4.99 Å². The van der Waals surface area contributed by atoms with E-state index < -0.39 is 0 Å². The Balaban J connectivity index is 1.47. The molecule has 0 bridgehead atoms. The number of aliphatic imine (C=N–C) groups is 1. The van der Waals surface area contributed by atoms with Crippen LogP contribution in [0, 0.1) is 0 Å². The van der Waals surface area contributed by atoms with Crippen LogP contribution in [-0.4, -0.2) is 65.6 Å². The van der Waals surface area contributed by atoms with Gasteiger partial charge in [-0.1, -0.05) is 6.07 Å². The monoisotopic (exact) mass is 325 g/mol. The van der Waals surface area contributed by atoms with Crippen LogP contribution in [0.25, 0.3) is 0 Å². The number of nitrogens with one attached hydrogen (secondary N) is 1. The minimum absolute atomic E-state index is 0.802. The summed E-state index contributed by atoms with van der Waals surface area (Å²) in [6.07, 6.45) is 8.21. The van der Waals surface area contributed by atoms with E-state index in [0.29, 0.717) is 0 Å². The smallest absolute Gasteiger partial charge is 0.225 e. The first kappa shape index (κ1) is 16.2. The topological polar surface area (TPSA) is 69.5 Å². The van der Waals surface area contributed by atoms with Crippen molar-refractivity contribution in [3.63, 3.8) is 0 Å². The number of pyridine rings is 1. The van der Waals surface area contributed by atoms with Gasteiger partial charge in [0, 0.05) is 64.6 Å². The Morgan fingerprint density at radius 2 is 1.92 bits per heavy atom. The predicted octanol–water partition coefficient (Wildman–Crippen LogP) is 0.812. The molecule has 0 spiro atoms. The molecule has 0 unspecified atom stereocenters. The van der Waals surface area contributed by atoms with E-state index in [1.807, 2.05) is 25.4 Å². The fraction of sp³-hybridized carbons (Fsp3) is 0.412. The van der Waals surface area contributed by atoms with E-state index in [9.17, 15) is 0 Å². The Bertz CT molecular complexity index is 637. The molecular weight excluding hydrogens is 302 g/mol. The number of hydrogen-bond donors (Lipinski definition) is 1. The molecule has 0 atom stereocenters. The zero-order valence-corrected chi connectivity index (χ0v) is 14.0. The van der Waals surface area contributed by atoms with E-state index in [0.717, 1.165) is 51.1 Å². The van der Waals surface area contributed by atoms with E-state index in [2.05, 4.69) is 41.1 Å². The number of anilines is 1. The van der Waals surface area contributed by atoms with Crippen LogP contribution in [-0.2, 0) is 6.42 Å². The lowest BCUT2D eigenvalue weighted by Gasteiger charge is -2.36. The largest absolute Gasteiger partial charge is 0.356 e. The van der Waals surface area contributed by atoms with Crippen LogP contribution in [0.15, 0.2) is 48.0 Å². The molecule has 2 aromatic rings. The molecule has 0 amide bonds. The van der Waals surface area contributed by atoms with Gasteiger partial charge in [-0.3, -0.25) is 9.98 Å². The van der Waals surface area contributed by atoms with Gasteiger partial charge in [-0.05, 0) is 24.1 Å². The summed E-state index contributed by atoms with van der Waals surface area (Å²) in [5, 5.41) is 3.44. The van der Waals surface area contributed by atoms with Gasteiger partial charge in [0.25, 0.3) is 0 Å². The Morgan fingerprint density at radius 1 is 1.12 bits per heavy atom. The molecule has 1 aliphatic heterocycles. The molecule has 126 valence electrons. The van der Waals surface area contributed by atoms with Crippen molar-refractivity contribution >= 4 is 11.9 Å². The summed E-state index contributed by atoms with van der Waals surface area (Å²) in [6, 6.07) is 5.90. The lowest BCUT2D eigenvalue weighted by molar-refractivity contribution is 0.370. The van der Waals surface area contributed by atoms with Crippen LogP contribution in [0.2, 0.25) is 0 Å². The third-order valence-corrected chi connectivity index (χ3v) is 4.05. The SMILES string of the molecule is CN=C(NCCc1cccnc1)N1CCN(c2ncccn2)CC1. The molecule has 2 aromatic heterocycles. The van der Waals surface area contributed by atoms with Gasteiger partial charge in [-0.2, -0.15) is 0 Å². The first-order valence-electron chi connectivity index (χ1n) is 8.23. The molecule has 3 rings (SSSR count). The fourth-order valence-corrected chi connectivity index (χ4v) is 2.77. The van der Waals surface area contributed by atoms with E-state index in [-0.39, 0.29) is 0 Å². The van der Waals surface area contributed by atoms with Crippen molar-refractivity contribution in [3.8, 4) is 0 Å². The van der Waals surface area contributed by atoms with Gasteiger partial charge < -0.3 is 15.1 Å². The van der Waals surface area contributed by atoms with Crippen molar-refractivity contribution in [1.29, 1.82) is 0 Å². The van der Waals surface area contributed by atoms with Gasteiger partial charge in [0.1, 0.15) is 0 Å². The second-order valence-corrected chi connectivity index (χ2v) is 5.61. The van der Waals surface area contributed by atoms with Gasteiger partial charge in [-0.15, -0.1) is 0 Å². The Labute approximate surface area is 142 Å². The average Bonchev–Trinajstić information content (AvgIpc) is 2.67. The lowest BCUT2D eigenvalue weighted by Crippen LogP contribution is -2.53. The summed E-state index contributed by atoms with van der Waals surface area (Å²) in [7, 11) is 1.83. The average molecular weight is 325 g/mol. The quantitative estimate of drug-likeness (QED) is 0.663. The Hall–Kier alpha value is -2.70. The molecule has 3 heterocycles. The highest BCUT2D eigenvalue weighted by Gasteiger charge is 2.20. The highest BCUT2D eigenvalue weighted by molar-refractivity contribution is 5.80. The predicted molar refractivity (Wildman–Crippen MR) is 95.1 cm³/mol. The molecular formula is C17H23N7. The zero-order valence-electron chi connectivity index (χ0n) is 14.0. The van der Waals surface area contributed by atoms with Crippen LogP contribution in [0.4, 0.5) is 5.95 Å². The highest BCUT2D eigenvalue weighted by atomic mass is 15.4. The van der Waals surface area contributed by atoms with E-state index in [1.54, 1.807) is 18.6 Å². The van der Waals surface area contributed by atoms with Crippen LogP contribution in [0.5, 0.6) is 0 Å². The maximum Gasteiger partial charge on any atom is 0.225 e. The van der Waals surface area contributed by atoms with Gasteiger partial charge in [-0.25, -0.2) is 9.97 Å². The first-order valence-corrected chi connectivity index (χ1v) is 8.23. The minimum atomic E-state index is 0.802. The van der Waals surface area contributed by atoms with Crippen LogP contribution >= 0.6 is 0 Å². The lowest BCUT2D eigenvalue weighted by atomic mass is 10.2. The van der Waals surface area contributed by atoms with Crippen molar-refractivity contribution in [1.82, 2.24) is 25.2 Å². The minimum Gasteiger partial charge on any atom is -0.356 e. The molecule has 0 radical (unpaired) electrons. The van der Waals surface area contributed by atoms with E-state index in [1.165, 1.54) is 5.56 Å². The van der Waals surface area contributed by atoms with Gasteiger partial charge in [0.05, 0.1) is 0 Å². The van der Waals surface area contributed by atoms with Crippen molar-refractivity contribution in [2.45, 2.75) is 6.42 Å². The third-order valence-electron chi connectivity index (χ3n) is 4.05. The third kappa shape index (κ3) is 4.18. The molecule has 0 aromatic carbocycles. The number of nitrogens with zero attached hydrogens (tertiary/aromatic N) is 6. The molecule has 0 saturated carbocycles. The van der Waals surface area contributed by atoms with E-state index in [4.69, 9.17) is 0 Å².